The third-order valence-corrected chi connectivity index (χ3v) is 5.56. The van der Waals surface area contributed by atoms with Crippen LogP contribution in [0.5, 0.6) is 0 Å². The second-order valence-corrected chi connectivity index (χ2v) is 7.36. The molecule has 142 valence electrons. The summed E-state index contributed by atoms with van der Waals surface area (Å²) in [6, 6.07) is 8.06. The Labute approximate surface area is 158 Å². The van der Waals surface area contributed by atoms with Gasteiger partial charge in [-0.1, -0.05) is 37.5 Å². The molecule has 2 aliphatic rings. The minimum Gasteiger partial charge on any atom is -0.349 e. The van der Waals surface area contributed by atoms with E-state index >= 15 is 0 Å². The first-order valence-electron chi connectivity index (χ1n) is 9.74. The van der Waals surface area contributed by atoms with Crippen molar-refractivity contribution in [3.63, 3.8) is 0 Å². The standard InChI is InChI=1S/C20H25N5O2/c26-19(10-11-24-13-15-6-4-5-9-17(15)20(24)27)21-12-18-23-22-14-25(18)16-7-2-1-3-8-16/h4-6,9,14,16H,1-3,7-8,10-13H2,(H,21,26). The Balaban J connectivity index is 1.26. The van der Waals surface area contributed by atoms with Gasteiger partial charge in [0, 0.05) is 31.1 Å². The predicted octanol–water partition coefficient (Wildman–Crippen LogP) is 2.45. The molecule has 0 atom stereocenters. The van der Waals surface area contributed by atoms with E-state index in [1.807, 2.05) is 24.3 Å². The fourth-order valence-electron chi connectivity index (χ4n) is 4.05. The highest BCUT2D eigenvalue weighted by Gasteiger charge is 2.26. The van der Waals surface area contributed by atoms with Gasteiger partial charge in [0.1, 0.15) is 6.33 Å². The smallest absolute Gasteiger partial charge is 0.254 e. The highest BCUT2D eigenvalue weighted by molar-refractivity contribution is 5.98. The van der Waals surface area contributed by atoms with E-state index in [9.17, 15) is 9.59 Å². The van der Waals surface area contributed by atoms with Crippen LogP contribution in [0.4, 0.5) is 0 Å². The molecule has 0 radical (unpaired) electrons. The van der Waals surface area contributed by atoms with Crippen molar-refractivity contribution in [2.75, 3.05) is 6.54 Å². The van der Waals surface area contributed by atoms with E-state index in [0.29, 0.717) is 25.7 Å². The average Bonchev–Trinajstić information content (AvgIpc) is 3.30. The zero-order valence-electron chi connectivity index (χ0n) is 15.4. The quantitative estimate of drug-likeness (QED) is 0.850. The average molecular weight is 367 g/mol. The van der Waals surface area contributed by atoms with Crippen LogP contribution >= 0.6 is 0 Å². The van der Waals surface area contributed by atoms with Crippen molar-refractivity contribution in [1.82, 2.24) is 25.0 Å². The molecule has 2 heterocycles. The van der Waals surface area contributed by atoms with E-state index in [-0.39, 0.29) is 18.2 Å². The van der Waals surface area contributed by atoms with Crippen LogP contribution in [0, 0.1) is 0 Å². The first-order chi connectivity index (χ1) is 13.2. The lowest BCUT2D eigenvalue weighted by atomic mass is 9.95. The molecule has 27 heavy (non-hydrogen) atoms. The SMILES string of the molecule is O=C(CCN1Cc2ccccc2C1=O)NCc1nncn1C1CCCCC1. The summed E-state index contributed by atoms with van der Waals surface area (Å²) in [6.07, 6.45) is 8.13. The number of nitrogens with one attached hydrogen (secondary N) is 1. The van der Waals surface area contributed by atoms with Gasteiger partial charge in [-0.3, -0.25) is 9.59 Å². The summed E-state index contributed by atoms with van der Waals surface area (Å²) in [5.74, 6) is 0.743. The van der Waals surface area contributed by atoms with Crippen LogP contribution in [0.25, 0.3) is 0 Å². The van der Waals surface area contributed by atoms with Gasteiger partial charge in [-0.25, -0.2) is 0 Å². The Hall–Kier alpha value is -2.70. The normalized spacial score (nSPS) is 17.2. The number of aromatic nitrogens is 3. The largest absolute Gasteiger partial charge is 0.349 e. The minimum atomic E-state index is -0.0723. The lowest BCUT2D eigenvalue weighted by molar-refractivity contribution is -0.121. The van der Waals surface area contributed by atoms with Crippen molar-refractivity contribution >= 4 is 11.8 Å². The highest BCUT2D eigenvalue weighted by atomic mass is 16.2. The topological polar surface area (TPSA) is 80.1 Å². The lowest BCUT2D eigenvalue weighted by Gasteiger charge is -2.24. The molecule has 0 unspecified atom stereocenters. The molecule has 2 aromatic rings. The number of rotatable bonds is 6. The van der Waals surface area contributed by atoms with Crippen LogP contribution < -0.4 is 5.32 Å². The molecule has 1 aliphatic carbocycles. The lowest BCUT2D eigenvalue weighted by Crippen LogP contribution is -2.31. The summed E-state index contributed by atoms with van der Waals surface area (Å²) in [6.45, 7) is 1.39. The zero-order chi connectivity index (χ0) is 18.6. The van der Waals surface area contributed by atoms with Gasteiger partial charge in [0.15, 0.2) is 5.82 Å². The molecule has 1 aliphatic heterocycles. The fourth-order valence-corrected chi connectivity index (χ4v) is 4.05. The molecule has 1 N–H and O–H groups in total. The molecule has 7 heteroatoms. The van der Waals surface area contributed by atoms with Crippen molar-refractivity contribution in [3.05, 3.63) is 47.5 Å². The molecule has 2 amide bonds. The second kappa shape index (κ2) is 7.90. The third-order valence-electron chi connectivity index (χ3n) is 5.56. The van der Waals surface area contributed by atoms with Gasteiger partial charge in [-0.15, -0.1) is 10.2 Å². The van der Waals surface area contributed by atoms with Crippen molar-refractivity contribution in [1.29, 1.82) is 0 Å². The summed E-state index contributed by atoms with van der Waals surface area (Å²) in [7, 11) is 0. The monoisotopic (exact) mass is 367 g/mol. The van der Waals surface area contributed by atoms with Crippen LogP contribution in [0.3, 0.4) is 0 Å². The summed E-state index contributed by atoms with van der Waals surface area (Å²) in [4.78, 5) is 26.3. The Morgan fingerprint density at radius 3 is 2.81 bits per heavy atom. The van der Waals surface area contributed by atoms with E-state index in [0.717, 1.165) is 29.8 Å². The van der Waals surface area contributed by atoms with Crippen LogP contribution in [-0.4, -0.2) is 38.0 Å². The van der Waals surface area contributed by atoms with Crippen molar-refractivity contribution in [2.24, 2.45) is 0 Å². The molecule has 0 saturated heterocycles. The van der Waals surface area contributed by atoms with E-state index in [4.69, 9.17) is 0 Å². The molecule has 1 aromatic heterocycles. The molecule has 4 rings (SSSR count). The van der Waals surface area contributed by atoms with Gasteiger partial charge >= 0.3 is 0 Å². The molecular weight excluding hydrogens is 342 g/mol. The van der Waals surface area contributed by atoms with Crippen LogP contribution in [-0.2, 0) is 17.9 Å². The number of fused-ring (bicyclic) bond motifs is 1. The van der Waals surface area contributed by atoms with Crippen LogP contribution in [0.1, 0.15) is 66.3 Å². The van der Waals surface area contributed by atoms with E-state index in [1.54, 1.807) is 11.2 Å². The highest BCUT2D eigenvalue weighted by Crippen LogP contribution is 2.28. The molecule has 1 fully saturated rings. The summed E-state index contributed by atoms with van der Waals surface area (Å²) >= 11 is 0. The van der Waals surface area contributed by atoms with Crippen molar-refractivity contribution in [3.8, 4) is 0 Å². The van der Waals surface area contributed by atoms with E-state index < -0.39 is 0 Å². The Morgan fingerprint density at radius 2 is 2.00 bits per heavy atom. The number of hydrogen-bond acceptors (Lipinski definition) is 4. The maximum absolute atomic E-state index is 12.3. The first kappa shape index (κ1) is 17.7. The number of carbonyl (C=O) groups excluding carboxylic acids is 2. The van der Waals surface area contributed by atoms with Gasteiger partial charge in [-0.05, 0) is 24.5 Å². The Bertz CT molecular complexity index is 825. The number of hydrogen-bond donors (Lipinski definition) is 1. The van der Waals surface area contributed by atoms with Crippen molar-refractivity contribution < 1.29 is 9.59 Å². The molecule has 0 bridgehead atoms. The van der Waals surface area contributed by atoms with Gasteiger partial charge < -0.3 is 14.8 Å². The van der Waals surface area contributed by atoms with E-state index in [2.05, 4.69) is 20.1 Å². The zero-order valence-corrected chi connectivity index (χ0v) is 15.4. The number of nitrogens with zero attached hydrogens (tertiary/aromatic N) is 4. The summed E-state index contributed by atoms with van der Waals surface area (Å²) < 4.78 is 2.11. The number of benzene rings is 1. The maximum atomic E-state index is 12.3. The van der Waals surface area contributed by atoms with Gasteiger partial charge in [-0.2, -0.15) is 0 Å². The Morgan fingerprint density at radius 1 is 1.19 bits per heavy atom. The van der Waals surface area contributed by atoms with Gasteiger partial charge in [0.2, 0.25) is 5.91 Å². The second-order valence-electron chi connectivity index (χ2n) is 7.36. The predicted molar refractivity (Wildman–Crippen MR) is 99.8 cm³/mol. The molecule has 0 spiro atoms. The maximum Gasteiger partial charge on any atom is 0.254 e. The molecule has 7 nitrogen and oxygen atoms in total. The first-order valence-corrected chi connectivity index (χ1v) is 9.74. The van der Waals surface area contributed by atoms with Crippen molar-refractivity contribution in [2.45, 2.75) is 57.7 Å². The van der Waals surface area contributed by atoms with Crippen LogP contribution in [0.15, 0.2) is 30.6 Å². The summed E-state index contributed by atoms with van der Waals surface area (Å²) in [5, 5.41) is 11.1. The van der Waals surface area contributed by atoms with Gasteiger partial charge in [0.05, 0.1) is 6.54 Å². The third kappa shape index (κ3) is 3.86. The molecule has 1 saturated carbocycles. The number of amides is 2. The Kier molecular flexibility index (Phi) is 5.18. The van der Waals surface area contributed by atoms with E-state index in [1.165, 1.54) is 19.3 Å². The summed E-state index contributed by atoms with van der Waals surface area (Å²) in [5.41, 5.74) is 1.78. The fraction of sp³-hybridized carbons (Fsp3) is 0.500. The molecule has 1 aromatic carbocycles. The van der Waals surface area contributed by atoms with Crippen LogP contribution in [0.2, 0.25) is 0 Å². The molecular formula is C20H25N5O2. The number of carbonyl (C=O) groups is 2. The van der Waals surface area contributed by atoms with Gasteiger partial charge in [0.25, 0.3) is 5.91 Å². The minimum absolute atomic E-state index is 0.00967.